The van der Waals surface area contributed by atoms with Gasteiger partial charge in [-0.2, -0.15) is 0 Å². The van der Waals surface area contributed by atoms with Crippen molar-refractivity contribution in [3.05, 3.63) is 46.4 Å². The van der Waals surface area contributed by atoms with Crippen molar-refractivity contribution in [2.24, 2.45) is 0 Å². The van der Waals surface area contributed by atoms with Crippen molar-refractivity contribution in [1.82, 2.24) is 4.98 Å². The third-order valence-electron chi connectivity index (χ3n) is 2.32. The number of carbonyl (C=O) groups is 1. The molecule has 2 aromatic rings. The number of aromatic nitrogens is 1. The average molecular weight is 257 g/mol. The topological polar surface area (TPSA) is 49.9 Å². The van der Waals surface area contributed by atoms with E-state index in [4.69, 9.17) is 0 Å². The molecule has 0 spiro atoms. The van der Waals surface area contributed by atoms with Gasteiger partial charge in [-0.15, -0.1) is 0 Å². The van der Waals surface area contributed by atoms with E-state index in [0.717, 1.165) is 16.3 Å². The summed E-state index contributed by atoms with van der Waals surface area (Å²) in [6.07, 6.45) is 1.68. The quantitative estimate of drug-likeness (QED) is 0.796. The minimum atomic E-state index is -0.125. The van der Waals surface area contributed by atoms with E-state index in [2.05, 4.69) is 16.8 Å². The van der Waals surface area contributed by atoms with Crippen LogP contribution in [0.2, 0.25) is 0 Å². The highest BCUT2D eigenvalue weighted by molar-refractivity contribution is 8.13. The smallest absolute Gasteiger partial charge is 0.248 e. The fourth-order valence-corrected chi connectivity index (χ4v) is 1.86. The number of nitrogens with one attached hydrogen (secondary N) is 1. The van der Waals surface area contributed by atoms with Crippen LogP contribution >= 0.6 is 11.8 Å². The molecule has 4 heteroatoms. The second-order valence-corrected chi connectivity index (χ2v) is 4.88. The van der Waals surface area contributed by atoms with Crippen molar-refractivity contribution in [3.8, 4) is 11.8 Å². The van der Waals surface area contributed by atoms with E-state index in [9.17, 15) is 9.59 Å². The van der Waals surface area contributed by atoms with Gasteiger partial charge in [0, 0.05) is 24.8 Å². The van der Waals surface area contributed by atoms with Crippen LogP contribution in [0.5, 0.6) is 0 Å². The van der Waals surface area contributed by atoms with Crippen molar-refractivity contribution >= 4 is 27.6 Å². The van der Waals surface area contributed by atoms with Crippen LogP contribution in [0.4, 0.5) is 0 Å². The molecule has 0 atom stereocenters. The molecule has 1 N–H and O–H groups in total. The van der Waals surface area contributed by atoms with Gasteiger partial charge in [0.05, 0.1) is 5.75 Å². The van der Waals surface area contributed by atoms with Gasteiger partial charge in [-0.3, -0.25) is 9.59 Å². The highest BCUT2D eigenvalue weighted by Gasteiger charge is 1.95. The summed E-state index contributed by atoms with van der Waals surface area (Å²) in [6.45, 7) is 1.52. The first kappa shape index (κ1) is 12.5. The van der Waals surface area contributed by atoms with E-state index in [1.54, 1.807) is 12.3 Å². The summed E-state index contributed by atoms with van der Waals surface area (Å²) >= 11 is 1.19. The molecule has 3 nitrogen and oxygen atoms in total. The third-order valence-corrected chi connectivity index (χ3v) is 3.02. The van der Waals surface area contributed by atoms with E-state index in [0.29, 0.717) is 5.75 Å². The predicted molar refractivity (Wildman–Crippen MR) is 74.6 cm³/mol. The van der Waals surface area contributed by atoms with E-state index in [-0.39, 0.29) is 10.7 Å². The van der Waals surface area contributed by atoms with Crippen LogP contribution < -0.4 is 5.56 Å². The number of rotatable bonds is 1. The number of pyridine rings is 1. The summed E-state index contributed by atoms with van der Waals surface area (Å²) in [5.41, 5.74) is 0.719. The van der Waals surface area contributed by atoms with E-state index in [1.165, 1.54) is 18.7 Å². The zero-order valence-electron chi connectivity index (χ0n) is 9.82. The Bertz CT molecular complexity index is 707. The summed E-state index contributed by atoms with van der Waals surface area (Å²) in [6, 6.07) is 7.22. The molecular formula is C14H11NO2S. The van der Waals surface area contributed by atoms with Crippen LogP contribution in [-0.2, 0) is 4.79 Å². The van der Waals surface area contributed by atoms with Crippen LogP contribution in [-0.4, -0.2) is 15.9 Å². The molecular weight excluding hydrogens is 246 g/mol. The molecule has 0 unspecified atom stereocenters. The molecule has 0 amide bonds. The first-order valence-electron chi connectivity index (χ1n) is 5.40. The zero-order chi connectivity index (χ0) is 13.0. The molecule has 18 heavy (non-hydrogen) atoms. The summed E-state index contributed by atoms with van der Waals surface area (Å²) in [4.78, 5) is 24.5. The minimum Gasteiger partial charge on any atom is -0.328 e. The lowest BCUT2D eigenvalue weighted by molar-refractivity contribution is -0.109. The molecule has 0 aliphatic carbocycles. The molecule has 0 radical (unpaired) electrons. The second kappa shape index (κ2) is 5.56. The van der Waals surface area contributed by atoms with Gasteiger partial charge in [-0.05, 0) is 22.9 Å². The van der Waals surface area contributed by atoms with Crippen molar-refractivity contribution in [3.63, 3.8) is 0 Å². The van der Waals surface area contributed by atoms with Crippen LogP contribution in [0.15, 0.2) is 35.3 Å². The first-order valence-corrected chi connectivity index (χ1v) is 6.38. The Kier molecular flexibility index (Phi) is 3.85. The molecule has 1 aromatic carbocycles. The molecule has 0 bridgehead atoms. The monoisotopic (exact) mass is 257 g/mol. The zero-order valence-corrected chi connectivity index (χ0v) is 10.6. The van der Waals surface area contributed by atoms with Gasteiger partial charge in [0.15, 0.2) is 5.12 Å². The summed E-state index contributed by atoms with van der Waals surface area (Å²) < 4.78 is 0. The minimum absolute atomic E-state index is 0.0642. The van der Waals surface area contributed by atoms with Crippen molar-refractivity contribution < 1.29 is 4.79 Å². The van der Waals surface area contributed by atoms with Gasteiger partial charge < -0.3 is 4.98 Å². The number of H-pyrrole nitrogens is 1. The van der Waals surface area contributed by atoms with Crippen LogP contribution in [0.3, 0.4) is 0 Å². The number of hydrogen-bond acceptors (Lipinski definition) is 3. The second-order valence-electron chi connectivity index (χ2n) is 3.72. The lowest BCUT2D eigenvalue weighted by Gasteiger charge is -1.97. The Morgan fingerprint density at radius 3 is 2.94 bits per heavy atom. The Hall–Kier alpha value is -1.99. The molecule has 0 aliphatic heterocycles. The van der Waals surface area contributed by atoms with Crippen molar-refractivity contribution in [2.45, 2.75) is 6.92 Å². The Morgan fingerprint density at radius 1 is 1.33 bits per heavy atom. The number of aromatic amines is 1. The summed E-state index contributed by atoms with van der Waals surface area (Å²) in [7, 11) is 0. The fraction of sp³-hybridized carbons (Fsp3) is 0.143. The molecule has 0 saturated carbocycles. The maximum absolute atomic E-state index is 11.2. The highest BCUT2D eigenvalue weighted by atomic mass is 32.2. The predicted octanol–water partition coefficient (Wildman–Crippen LogP) is 2.16. The summed E-state index contributed by atoms with van der Waals surface area (Å²) in [5, 5.41) is 1.90. The largest absolute Gasteiger partial charge is 0.328 e. The van der Waals surface area contributed by atoms with Gasteiger partial charge in [-0.1, -0.05) is 29.7 Å². The third kappa shape index (κ3) is 3.25. The summed E-state index contributed by atoms with van der Waals surface area (Å²) in [5.74, 6) is 6.38. The Labute approximate surface area is 109 Å². The SMILES string of the molecule is CC(=O)SCC#Cc1ccc2c[nH]c(=O)cc2c1. The lowest BCUT2D eigenvalue weighted by atomic mass is 10.1. The van der Waals surface area contributed by atoms with Crippen molar-refractivity contribution in [2.75, 3.05) is 5.75 Å². The average Bonchev–Trinajstić information content (AvgIpc) is 2.34. The van der Waals surface area contributed by atoms with Gasteiger partial charge in [0.2, 0.25) is 5.56 Å². The van der Waals surface area contributed by atoms with E-state index >= 15 is 0 Å². The maximum atomic E-state index is 11.2. The Balaban J connectivity index is 2.24. The first-order chi connectivity index (χ1) is 8.65. The number of benzene rings is 1. The van der Waals surface area contributed by atoms with Gasteiger partial charge in [0.25, 0.3) is 0 Å². The Morgan fingerprint density at radius 2 is 2.17 bits per heavy atom. The molecule has 0 fully saturated rings. The van der Waals surface area contributed by atoms with Gasteiger partial charge in [-0.25, -0.2) is 0 Å². The number of hydrogen-bond donors (Lipinski definition) is 1. The normalized spacial score (nSPS) is 9.83. The van der Waals surface area contributed by atoms with E-state index < -0.39 is 0 Å². The fourth-order valence-electron chi connectivity index (χ4n) is 1.52. The van der Waals surface area contributed by atoms with Crippen molar-refractivity contribution in [1.29, 1.82) is 0 Å². The number of fused-ring (bicyclic) bond motifs is 1. The van der Waals surface area contributed by atoms with Crippen LogP contribution in [0.1, 0.15) is 12.5 Å². The molecule has 2 rings (SSSR count). The number of thioether (sulfide) groups is 1. The molecule has 0 saturated heterocycles. The van der Waals surface area contributed by atoms with Crippen LogP contribution in [0.25, 0.3) is 10.8 Å². The van der Waals surface area contributed by atoms with E-state index in [1.807, 2.05) is 18.2 Å². The standard InChI is InChI=1S/C14H11NO2S/c1-10(16)18-6-2-3-11-4-5-12-9-15-14(17)8-13(12)7-11/h4-5,7-9H,6H2,1H3,(H,15,17). The molecule has 1 heterocycles. The number of carbonyl (C=O) groups excluding carboxylic acids is 1. The van der Waals surface area contributed by atoms with Gasteiger partial charge >= 0.3 is 0 Å². The molecule has 1 aromatic heterocycles. The molecule has 0 aliphatic rings. The highest BCUT2D eigenvalue weighted by Crippen LogP contribution is 2.12. The lowest BCUT2D eigenvalue weighted by Crippen LogP contribution is -2.01. The maximum Gasteiger partial charge on any atom is 0.248 e. The molecule has 90 valence electrons. The van der Waals surface area contributed by atoms with Gasteiger partial charge in [0.1, 0.15) is 0 Å². The van der Waals surface area contributed by atoms with Crippen LogP contribution in [0, 0.1) is 11.8 Å².